The maximum Gasteiger partial charge on any atom is 0.251 e. The van der Waals surface area contributed by atoms with Crippen LogP contribution in [0.3, 0.4) is 0 Å². The Hall–Kier alpha value is -1.36. The summed E-state index contributed by atoms with van der Waals surface area (Å²) in [7, 11) is 0. The topological polar surface area (TPSA) is 58.2 Å². The first-order chi connectivity index (χ1) is 9.43. The molecular weight excluding hydrogens is 320 g/mol. The van der Waals surface area contributed by atoms with Crippen LogP contribution in [0.2, 0.25) is 0 Å². The van der Waals surface area contributed by atoms with Gasteiger partial charge in [0.2, 0.25) is 5.91 Å². The Labute approximate surface area is 128 Å². The Bertz CT molecular complexity index is 489. The number of hydrogen-bond donors (Lipinski definition) is 2. The molecule has 1 aromatic rings. The van der Waals surface area contributed by atoms with Crippen LogP contribution in [0.15, 0.2) is 22.7 Å². The van der Waals surface area contributed by atoms with Crippen molar-refractivity contribution < 1.29 is 9.59 Å². The van der Waals surface area contributed by atoms with E-state index in [1.165, 1.54) is 0 Å². The molecule has 0 saturated heterocycles. The van der Waals surface area contributed by atoms with Gasteiger partial charge in [0.1, 0.15) is 0 Å². The van der Waals surface area contributed by atoms with Crippen molar-refractivity contribution in [2.45, 2.75) is 39.7 Å². The van der Waals surface area contributed by atoms with Gasteiger partial charge in [-0.25, -0.2) is 0 Å². The van der Waals surface area contributed by atoms with E-state index in [0.29, 0.717) is 18.5 Å². The third-order valence-corrected chi connectivity index (χ3v) is 3.97. The lowest BCUT2D eigenvalue weighted by atomic mass is 10.1. The Morgan fingerprint density at radius 3 is 2.65 bits per heavy atom. The summed E-state index contributed by atoms with van der Waals surface area (Å²) in [5, 5.41) is 5.62. The summed E-state index contributed by atoms with van der Waals surface area (Å²) in [6.07, 6.45) is 1.20. The predicted molar refractivity (Wildman–Crippen MR) is 83.7 cm³/mol. The van der Waals surface area contributed by atoms with Crippen LogP contribution in [0.4, 0.5) is 0 Å². The van der Waals surface area contributed by atoms with E-state index < -0.39 is 0 Å². The summed E-state index contributed by atoms with van der Waals surface area (Å²) in [4.78, 5) is 23.5. The highest BCUT2D eigenvalue weighted by Crippen LogP contribution is 2.16. The number of benzene rings is 1. The van der Waals surface area contributed by atoms with Gasteiger partial charge in [0.25, 0.3) is 5.91 Å². The molecule has 0 spiro atoms. The number of halogens is 1. The summed E-state index contributed by atoms with van der Waals surface area (Å²) in [5.41, 5.74) is 1.61. The van der Waals surface area contributed by atoms with E-state index in [0.717, 1.165) is 16.5 Å². The second-order valence-corrected chi connectivity index (χ2v) is 5.70. The molecule has 20 heavy (non-hydrogen) atoms. The molecule has 0 aliphatic heterocycles. The van der Waals surface area contributed by atoms with Crippen LogP contribution >= 0.6 is 15.9 Å². The quantitative estimate of drug-likeness (QED) is 0.836. The van der Waals surface area contributed by atoms with Gasteiger partial charge >= 0.3 is 0 Å². The first-order valence-electron chi connectivity index (χ1n) is 6.77. The van der Waals surface area contributed by atoms with Crippen LogP contribution in [-0.4, -0.2) is 24.4 Å². The largest absolute Gasteiger partial charge is 0.354 e. The third kappa shape index (κ3) is 5.33. The van der Waals surface area contributed by atoms with Gasteiger partial charge in [-0.3, -0.25) is 9.59 Å². The minimum atomic E-state index is -0.156. The van der Waals surface area contributed by atoms with E-state index in [9.17, 15) is 9.59 Å². The molecule has 0 aliphatic rings. The first kappa shape index (κ1) is 16.7. The number of nitrogens with one attached hydrogen (secondary N) is 2. The molecule has 0 saturated carbocycles. The average molecular weight is 341 g/mol. The Morgan fingerprint density at radius 1 is 1.35 bits per heavy atom. The molecule has 1 rings (SSSR count). The summed E-state index contributed by atoms with van der Waals surface area (Å²) in [5.74, 6) is -0.191. The number of hydrogen-bond acceptors (Lipinski definition) is 2. The van der Waals surface area contributed by atoms with E-state index in [1.807, 2.05) is 32.9 Å². The molecule has 0 bridgehead atoms. The average Bonchev–Trinajstić information content (AvgIpc) is 2.41. The van der Waals surface area contributed by atoms with E-state index in [4.69, 9.17) is 0 Å². The zero-order valence-corrected chi connectivity index (χ0v) is 13.7. The molecule has 5 heteroatoms. The van der Waals surface area contributed by atoms with Crippen molar-refractivity contribution in [1.29, 1.82) is 0 Å². The Morgan fingerprint density at radius 2 is 2.05 bits per heavy atom. The third-order valence-electron chi connectivity index (χ3n) is 3.08. The molecule has 0 radical (unpaired) electrons. The molecule has 0 fully saturated rings. The summed E-state index contributed by atoms with van der Waals surface area (Å²) in [6.45, 7) is 6.25. The molecule has 0 heterocycles. The minimum absolute atomic E-state index is 0.0355. The lowest BCUT2D eigenvalue weighted by molar-refractivity contribution is -0.121. The molecule has 1 aromatic carbocycles. The van der Waals surface area contributed by atoms with E-state index >= 15 is 0 Å². The van der Waals surface area contributed by atoms with Crippen molar-refractivity contribution in [1.82, 2.24) is 10.6 Å². The molecular formula is C15H21BrN2O2. The van der Waals surface area contributed by atoms with Crippen LogP contribution in [-0.2, 0) is 4.79 Å². The van der Waals surface area contributed by atoms with Gasteiger partial charge in [0.15, 0.2) is 0 Å². The molecule has 0 aromatic heterocycles. The number of carbonyl (C=O) groups is 2. The first-order valence-corrected chi connectivity index (χ1v) is 7.57. The van der Waals surface area contributed by atoms with Crippen molar-refractivity contribution in [3.63, 3.8) is 0 Å². The van der Waals surface area contributed by atoms with Crippen molar-refractivity contribution in [3.05, 3.63) is 33.8 Å². The SMILES string of the molecule is CCC(C)NC(=O)CCNC(=O)c1ccc(Br)c(C)c1. The fourth-order valence-electron chi connectivity index (χ4n) is 1.63. The molecule has 4 nitrogen and oxygen atoms in total. The van der Waals surface area contributed by atoms with E-state index in [-0.39, 0.29) is 17.9 Å². The number of rotatable bonds is 6. The van der Waals surface area contributed by atoms with Crippen LogP contribution in [0.25, 0.3) is 0 Å². The summed E-state index contributed by atoms with van der Waals surface area (Å²) < 4.78 is 0.974. The van der Waals surface area contributed by atoms with Crippen molar-refractivity contribution in [2.24, 2.45) is 0 Å². The van der Waals surface area contributed by atoms with Crippen LogP contribution < -0.4 is 10.6 Å². The van der Waals surface area contributed by atoms with Gasteiger partial charge in [-0.2, -0.15) is 0 Å². The second kappa shape index (κ2) is 8.04. The monoisotopic (exact) mass is 340 g/mol. The molecule has 1 atom stereocenters. The second-order valence-electron chi connectivity index (χ2n) is 4.85. The predicted octanol–water partition coefficient (Wildman–Crippen LogP) is 2.79. The van der Waals surface area contributed by atoms with Crippen LogP contribution in [0.1, 0.15) is 42.6 Å². The van der Waals surface area contributed by atoms with Gasteiger partial charge in [-0.05, 0) is 44.0 Å². The molecule has 1 unspecified atom stereocenters. The summed E-state index contributed by atoms with van der Waals surface area (Å²) in [6, 6.07) is 5.59. The fourth-order valence-corrected chi connectivity index (χ4v) is 1.87. The number of aryl methyl sites for hydroxylation is 1. The zero-order valence-electron chi connectivity index (χ0n) is 12.1. The van der Waals surface area contributed by atoms with Gasteiger partial charge in [-0.15, -0.1) is 0 Å². The van der Waals surface area contributed by atoms with Gasteiger partial charge in [0.05, 0.1) is 0 Å². The van der Waals surface area contributed by atoms with Crippen molar-refractivity contribution in [3.8, 4) is 0 Å². The van der Waals surface area contributed by atoms with Crippen LogP contribution in [0.5, 0.6) is 0 Å². The fraction of sp³-hybridized carbons (Fsp3) is 0.467. The Kier molecular flexibility index (Phi) is 6.71. The van der Waals surface area contributed by atoms with Gasteiger partial charge in [-0.1, -0.05) is 22.9 Å². The zero-order chi connectivity index (χ0) is 15.1. The lowest BCUT2D eigenvalue weighted by Crippen LogP contribution is -2.35. The normalized spacial score (nSPS) is 11.8. The van der Waals surface area contributed by atoms with Crippen LogP contribution in [0, 0.1) is 6.92 Å². The minimum Gasteiger partial charge on any atom is -0.354 e. The molecule has 0 aliphatic carbocycles. The van der Waals surface area contributed by atoms with E-state index in [1.54, 1.807) is 6.07 Å². The maximum absolute atomic E-state index is 11.9. The number of amides is 2. The van der Waals surface area contributed by atoms with Crippen molar-refractivity contribution >= 4 is 27.7 Å². The highest BCUT2D eigenvalue weighted by atomic mass is 79.9. The molecule has 2 N–H and O–H groups in total. The lowest BCUT2D eigenvalue weighted by Gasteiger charge is -2.11. The highest BCUT2D eigenvalue weighted by molar-refractivity contribution is 9.10. The highest BCUT2D eigenvalue weighted by Gasteiger charge is 2.09. The smallest absolute Gasteiger partial charge is 0.251 e. The molecule has 110 valence electrons. The summed E-state index contributed by atoms with van der Waals surface area (Å²) >= 11 is 3.40. The maximum atomic E-state index is 11.9. The van der Waals surface area contributed by atoms with Crippen molar-refractivity contribution in [2.75, 3.05) is 6.54 Å². The van der Waals surface area contributed by atoms with Gasteiger partial charge in [0, 0.05) is 29.0 Å². The Balaban J connectivity index is 2.40. The van der Waals surface area contributed by atoms with Gasteiger partial charge < -0.3 is 10.6 Å². The van der Waals surface area contributed by atoms with E-state index in [2.05, 4.69) is 26.6 Å². The number of carbonyl (C=O) groups excluding carboxylic acids is 2. The standard InChI is InChI=1S/C15H21BrN2O2/c1-4-11(3)18-14(19)7-8-17-15(20)12-5-6-13(16)10(2)9-12/h5-6,9,11H,4,7-8H2,1-3H3,(H,17,20)(H,18,19). The molecule has 2 amide bonds.